The fourth-order valence-electron chi connectivity index (χ4n) is 1.98. The summed E-state index contributed by atoms with van der Waals surface area (Å²) in [5.74, 6) is 0.0495. The third kappa shape index (κ3) is 2.39. The molecular formula is C12H16N2O3S. The average molecular weight is 268 g/mol. The van der Waals surface area contributed by atoms with Gasteiger partial charge in [-0.15, -0.1) is 0 Å². The number of carbonyl (C=O) groups is 1. The Bertz CT molecular complexity index is 551. The fraction of sp³-hybridized carbons (Fsp3) is 0.417. The molecule has 5 nitrogen and oxygen atoms in total. The van der Waals surface area contributed by atoms with Crippen molar-refractivity contribution in [2.24, 2.45) is 5.73 Å². The summed E-state index contributed by atoms with van der Waals surface area (Å²) in [6.07, 6.45) is 0.342. The summed E-state index contributed by atoms with van der Waals surface area (Å²) in [6.45, 7) is 2.09. The number of anilines is 1. The molecule has 0 aliphatic carbocycles. The van der Waals surface area contributed by atoms with E-state index in [4.69, 9.17) is 5.73 Å². The molecule has 1 saturated heterocycles. The predicted octanol–water partition coefficient (Wildman–Crippen LogP) is 0.544. The molecule has 1 aliphatic heterocycles. The maximum Gasteiger partial charge on any atom is 0.228 e. The Balaban J connectivity index is 2.26. The van der Waals surface area contributed by atoms with Crippen LogP contribution >= 0.6 is 0 Å². The lowest BCUT2D eigenvalue weighted by Gasteiger charge is -2.16. The summed E-state index contributed by atoms with van der Waals surface area (Å²) in [5.41, 5.74) is 6.41. The van der Waals surface area contributed by atoms with Crippen LogP contribution in [0.15, 0.2) is 29.2 Å². The second-order valence-corrected chi connectivity index (χ2v) is 6.64. The van der Waals surface area contributed by atoms with E-state index in [0.29, 0.717) is 18.7 Å². The molecule has 0 radical (unpaired) electrons. The van der Waals surface area contributed by atoms with Gasteiger partial charge in [0.05, 0.1) is 10.6 Å². The largest absolute Gasteiger partial charge is 0.326 e. The number of carbonyl (C=O) groups excluding carboxylic acids is 1. The van der Waals surface area contributed by atoms with Crippen LogP contribution in [0.4, 0.5) is 5.69 Å². The van der Waals surface area contributed by atoms with E-state index in [1.165, 1.54) is 12.1 Å². The molecule has 1 aromatic rings. The summed E-state index contributed by atoms with van der Waals surface area (Å²) in [6, 6.07) is 6.23. The van der Waals surface area contributed by atoms with Gasteiger partial charge in [-0.25, -0.2) is 8.42 Å². The Hall–Kier alpha value is -1.40. The van der Waals surface area contributed by atoms with Crippen LogP contribution in [0.3, 0.4) is 0 Å². The van der Waals surface area contributed by atoms with Crippen molar-refractivity contribution in [2.75, 3.05) is 17.2 Å². The van der Waals surface area contributed by atoms with Crippen LogP contribution in [0, 0.1) is 0 Å². The normalized spacial score (nSPS) is 20.4. The van der Waals surface area contributed by atoms with Gasteiger partial charge in [0.25, 0.3) is 0 Å². The third-order valence-electron chi connectivity index (χ3n) is 3.04. The zero-order valence-electron chi connectivity index (χ0n) is 10.2. The second-order valence-electron chi connectivity index (χ2n) is 4.37. The fourth-order valence-corrected chi connectivity index (χ4v) is 2.87. The highest BCUT2D eigenvalue weighted by atomic mass is 32.2. The Morgan fingerprint density at radius 1 is 1.33 bits per heavy atom. The molecule has 18 heavy (non-hydrogen) atoms. The standard InChI is InChI=1S/C12H16N2O3S/c1-2-18(16,17)11-5-3-10(4-6-11)14-8-9(13)7-12(14)15/h3-6,9H,2,7-8,13H2,1H3. The number of benzene rings is 1. The number of hydrogen-bond acceptors (Lipinski definition) is 4. The zero-order chi connectivity index (χ0) is 13.3. The van der Waals surface area contributed by atoms with Crippen LogP contribution < -0.4 is 10.6 Å². The molecule has 1 amide bonds. The lowest BCUT2D eigenvalue weighted by molar-refractivity contribution is -0.117. The summed E-state index contributed by atoms with van der Waals surface area (Å²) < 4.78 is 23.3. The van der Waals surface area contributed by atoms with Crippen LogP contribution in [0.2, 0.25) is 0 Å². The lowest BCUT2D eigenvalue weighted by Crippen LogP contribution is -2.27. The maximum atomic E-state index is 11.7. The topological polar surface area (TPSA) is 80.5 Å². The molecule has 2 rings (SSSR count). The van der Waals surface area contributed by atoms with Crippen molar-refractivity contribution in [1.29, 1.82) is 0 Å². The van der Waals surface area contributed by atoms with Gasteiger partial charge in [-0.3, -0.25) is 4.79 Å². The minimum absolute atomic E-state index is 0.0198. The third-order valence-corrected chi connectivity index (χ3v) is 4.79. The summed E-state index contributed by atoms with van der Waals surface area (Å²) in [7, 11) is -3.19. The molecule has 6 heteroatoms. The maximum absolute atomic E-state index is 11.7. The van der Waals surface area contributed by atoms with Gasteiger partial charge in [-0.05, 0) is 24.3 Å². The molecule has 0 spiro atoms. The van der Waals surface area contributed by atoms with Crippen molar-refractivity contribution >= 4 is 21.4 Å². The molecule has 1 aliphatic rings. The van der Waals surface area contributed by atoms with E-state index in [0.717, 1.165) is 0 Å². The van der Waals surface area contributed by atoms with Crippen molar-refractivity contribution in [3.63, 3.8) is 0 Å². The molecule has 2 N–H and O–H groups in total. The van der Waals surface area contributed by atoms with Crippen LogP contribution in [0.25, 0.3) is 0 Å². The van der Waals surface area contributed by atoms with Crippen LogP contribution in [-0.2, 0) is 14.6 Å². The van der Waals surface area contributed by atoms with Gasteiger partial charge >= 0.3 is 0 Å². The lowest BCUT2D eigenvalue weighted by atomic mass is 10.3. The van der Waals surface area contributed by atoms with E-state index in [1.54, 1.807) is 24.0 Å². The highest BCUT2D eigenvalue weighted by Gasteiger charge is 2.28. The van der Waals surface area contributed by atoms with Gasteiger partial charge in [-0.1, -0.05) is 6.92 Å². The number of sulfone groups is 1. The molecule has 0 bridgehead atoms. The minimum atomic E-state index is -3.19. The van der Waals surface area contributed by atoms with Gasteiger partial charge in [0.1, 0.15) is 0 Å². The van der Waals surface area contributed by atoms with E-state index >= 15 is 0 Å². The molecule has 1 heterocycles. The molecule has 0 aromatic heterocycles. The number of amides is 1. The Labute approximate surface area is 107 Å². The summed E-state index contributed by atoms with van der Waals surface area (Å²) >= 11 is 0. The smallest absolute Gasteiger partial charge is 0.228 e. The van der Waals surface area contributed by atoms with Crippen molar-refractivity contribution in [3.8, 4) is 0 Å². The van der Waals surface area contributed by atoms with E-state index in [9.17, 15) is 13.2 Å². The van der Waals surface area contributed by atoms with Gasteiger partial charge in [0.2, 0.25) is 5.91 Å². The first-order valence-electron chi connectivity index (χ1n) is 5.83. The van der Waals surface area contributed by atoms with Gasteiger partial charge in [-0.2, -0.15) is 0 Å². The number of rotatable bonds is 3. The van der Waals surface area contributed by atoms with Gasteiger partial charge in [0.15, 0.2) is 9.84 Å². The average Bonchev–Trinajstić information content (AvgIpc) is 2.69. The van der Waals surface area contributed by atoms with E-state index in [2.05, 4.69) is 0 Å². The molecule has 1 unspecified atom stereocenters. The first-order chi connectivity index (χ1) is 8.44. The SMILES string of the molecule is CCS(=O)(=O)c1ccc(N2CC(N)CC2=O)cc1. The van der Waals surface area contributed by atoms with Gasteiger partial charge < -0.3 is 10.6 Å². The Morgan fingerprint density at radius 2 is 1.94 bits per heavy atom. The zero-order valence-corrected chi connectivity index (χ0v) is 11.0. The summed E-state index contributed by atoms with van der Waals surface area (Å²) in [5, 5.41) is 0. The van der Waals surface area contributed by atoms with Crippen molar-refractivity contribution in [2.45, 2.75) is 24.3 Å². The van der Waals surface area contributed by atoms with Crippen LogP contribution in [0.1, 0.15) is 13.3 Å². The van der Waals surface area contributed by atoms with Crippen LogP contribution in [-0.4, -0.2) is 32.7 Å². The molecule has 1 fully saturated rings. The quantitative estimate of drug-likeness (QED) is 0.867. The molecule has 1 aromatic carbocycles. The van der Waals surface area contributed by atoms with E-state index < -0.39 is 9.84 Å². The highest BCUT2D eigenvalue weighted by molar-refractivity contribution is 7.91. The van der Waals surface area contributed by atoms with Crippen molar-refractivity contribution < 1.29 is 13.2 Å². The van der Waals surface area contributed by atoms with Crippen molar-refractivity contribution in [1.82, 2.24) is 0 Å². The minimum Gasteiger partial charge on any atom is -0.326 e. The highest BCUT2D eigenvalue weighted by Crippen LogP contribution is 2.23. The predicted molar refractivity (Wildman–Crippen MR) is 69.1 cm³/mol. The molecular weight excluding hydrogens is 252 g/mol. The van der Waals surface area contributed by atoms with E-state index in [1.807, 2.05) is 0 Å². The first-order valence-corrected chi connectivity index (χ1v) is 7.48. The number of hydrogen-bond donors (Lipinski definition) is 1. The Kier molecular flexibility index (Phi) is 3.41. The summed E-state index contributed by atoms with van der Waals surface area (Å²) in [4.78, 5) is 13.5. The molecule has 1 atom stereocenters. The number of nitrogens with two attached hydrogens (primary N) is 1. The first kappa shape index (κ1) is 13.0. The van der Waals surface area contributed by atoms with Crippen LogP contribution in [0.5, 0.6) is 0 Å². The molecule has 98 valence electrons. The van der Waals surface area contributed by atoms with Crippen molar-refractivity contribution in [3.05, 3.63) is 24.3 Å². The second kappa shape index (κ2) is 4.70. The Morgan fingerprint density at radius 3 is 2.39 bits per heavy atom. The van der Waals surface area contributed by atoms with E-state index in [-0.39, 0.29) is 22.6 Å². The molecule has 0 saturated carbocycles. The van der Waals surface area contributed by atoms with Gasteiger partial charge in [0, 0.05) is 24.7 Å². The monoisotopic (exact) mass is 268 g/mol. The number of nitrogens with zero attached hydrogens (tertiary/aromatic N) is 1.